The second-order valence-corrected chi connectivity index (χ2v) is 5.71. The SMILES string of the molecule is C=C(C(=O)Oc1cccc2ccccc12)C(O)c1ccc(C)cc1. The van der Waals surface area contributed by atoms with Gasteiger partial charge in [-0.05, 0) is 23.9 Å². The minimum absolute atomic E-state index is 0.00628. The van der Waals surface area contributed by atoms with E-state index in [2.05, 4.69) is 6.58 Å². The van der Waals surface area contributed by atoms with E-state index in [9.17, 15) is 9.90 Å². The summed E-state index contributed by atoms with van der Waals surface area (Å²) < 4.78 is 5.46. The number of benzene rings is 3. The molecule has 0 saturated heterocycles. The second-order valence-electron chi connectivity index (χ2n) is 5.71. The third kappa shape index (κ3) is 3.21. The number of hydrogen-bond donors (Lipinski definition) is 1. The van der Waals surface area contributed by atoms with Gasteiger partial charge in [-0.15, -0.1) is 0 Å². The molecule has 3 aromatic rings. The average Bonchev–Trinajstić information content (AvgIpc) is 2.61. The maximum absolute atomic E-state index is 12.4. The van der Waals surface area contributed by atoms with Gasteiger partial charge in [0, 0.05) is 5.39 Å². The summed E-state index contributed by atoms with van der Waals surface area (Å²) >= 11 is 0. The molecular weight excluding hydrogens is 300 g/mol. The summed E-state index contributed by atoms with van der Waals surface area (Å²) in [4.78, 5) is 12.4. The first-order valence-electron chi connectivity index (χ1n) is 7.69. The van der Waals surface area contributed by atoms with Crippen LogP contribution in [0.5, 0.6) is 5.75 Å². The van der Waals surface area contributed by atoms with Crippen LogP contribution in [0.4, 0.5) is 0 Å². The molecule has 0 heterocycles. The molecule has 3 nitrogen and oxygen atoms in total. The highest BCUT2D eigenvalue weighted by Crippen LogP contribution is 2.27. The van der Waals surface area contributed by atoms with Gasteiger partial charge < -0.3 is 9.84 Å². The zero-order chi connectivity index (χ0) is 17.1. The van der Waals surface area contributed by atoms with E-state index in [4.69, 9.17) is 4.74 Å². The monoisotopic (exact) mass is 318 g/mol. The number of carbonyl (C=O) groups excluding carboxylic acids is 1. The van der Waals surface area contributed by atoms with Crippen LogP contribution in [0, 0.1) is 6.92 Å². The van der Waals surface area contributed by atoms with Crippen molar-refractivity contribution in [1.82, 2.24) is 0 Å². The summed E-state index contributed by atoms with van der Waals surface area (Å²) in [6.07, 6.45) is -1.09. The highest BCUT2D eigenvalue weighted by molar-refractivity contribution is 5.95. The third-order valence-electron chi connectivity index (χ3n) is 3.94. The standard InChI is InChI=1S/C21H18O3/c1-14-10-12-17(13-11-14)20(22)15(2)21(23)24-19-9-5-7-16-6-3-4-8-18(16)19/h3-13,20,22H,2H2,1H3. The summed E-state index contributed by atoms with van der Waals surface area (Å²) in [6.45, 7) is 5.66. The van der Waals surface area contributed by atoms with E-state index < -0.39 is 12.1 Å². The Morgan fingerprint density at radius 1 is 1.00 bits per heavy atom. The normalized spacial score (nSPS) is 11.9. The highest BCUT2D eigenvalue weighted by atomic mass is 16.5. The first-order chi connectivity index (χ1) is 11.6. The number of aliphatic hydroxyl groups excluding tert-OH is 1. The number of carbonyl (C=O) groups is 1. The predicted molar refractivity (Wildman–Crippen MR) is 94.9 cm³/mol. The highest BCUT2D eigenvalue weighted by Gasteiger charge is 2.20. The number of aryl methyl sites for hydroxylation is 1. The summed E-state index contributed by atoms with van der Waals surface area (Å²) in [5, 5.41) is 12.2. The predicted octanol–water partition coefficient (Wildman–Crippen LogP) is 4.34. The first-order valence-corrected chi connectivity index (χ1v) is 7.69. The molecule has 0 aliphatic heterocycles. The topological polar surface area (TPSA) is 46.5 Å². The Bertz CT molecular complexity index is 889. The van der Waals surface area contributed by atoms with Gasteiger partial charge in [0.15, 0.2) is 0 Å². The molecule has 1 atom stereocenters. The lowest BCUT2D eigenvalue weighted by Gasteiger charge is -2.14. The number of fused-ring (bicyclic) bond motifs is 1. The van der Waals surface area contributed by atoms with Crippen LogP contribution in [-0.2, 0) is 4.79 Å². The van der Waals surface area contributed by atoms with E-state index in [-0.39, 0.29) is 5.57 Å². The van der Waals surface area contributed by atoms with Crippen molar-refractivity contribution in [2.24, 2.45) is 0 Å². The van der Waals surface area contributed by atoms with Crippen LogP contribution < -0.4 is 4.74 Å². The Balaban J connectivity index is 1.81. The van der Waals surface area contributed by atoms with E-state index in [0.29, 0.717) is 11.3 Å². The number of hydrogen-bond acceptors (Lipinski definition) is 3. The van der Waals surface area contributed by atoms with Crippen LogP contribution in [0.1, 0.15) is 17.2 Å². The lowest BCUT2D eigenvalue weighted by molar-refractivity contribution is -0.131. The van der Waals surface area contributed by atoms with E-state index in [0.717, 1.165) is 16.3 Å². The molecule has 1 N–H and O–H groups in total. The molecule has 120 valence electrons. The van der Waals surface area contributed by atoms with Crippen LogP contribution in [0.2, 0.25) is 0 Å². The molecule has 0 aliphatic carbocycles. The van der Waals surface area contributed by atoms with Gasteiger partial charge in [-0.25, -0.2) is 4.79 Å². The van der Waals surface area contributed by atoms with Gasteiger partial charge in [0.1, 0.15) is 11.9 Å². The molecule has 1 unspecified atom stereocenters. The van der Waals surface area contributed by atoms with Crippen LogP contribution in [-0.4, -0.2) is 11.1 Å². The maximum atomic E-state index is 12.4. The van der Waals surface area contributed by atoms with Gasteiger partial charge in [0.2, 0.25) is 0 Å². The maximum Gasteiger partial charge on any atom is 0.341 e. The Hall–Kier alpha value is -2.91. The molecule has 0 radical (unpaired) electrons. The quantitative estimate of drug-likeness (QED) is 0.442. The van der Waals surface area contributed by atoms with Crippen molar-refractivity contribution in [3.8, 4) is 5.75 Å². The van der Waals surface area contributed by atoms with Gasteiger partial charge in [-0.2, -0.15) is 0 Å². The van der Waals surface area contributed by atoms with Gasteiger partial charge in [0.25, 0.3) is 0 Å². The minimum Gasteiger partial charge on any atom is -0.422 e. The molecule has 3 aromatic carbocycles. The number of ether oxygens (including phenoxy) is 1. The molecule has 3 rings (SSSR count). The fourth-order valence-electron chi connectivity index (χ4n) is 2.51. The fourth-order valence-corrected chi connectivity index (χ4v) is 2.51. The molecule has 24 heavy (non-hydrogen) atoms. The average molecular weight is 318 g/mol. The van der Waals surface area contributed by atoms with E-state index in [1.54, 1.807) is 18.2 Å². The molecule has 0 amide bonds. The van der Waals surface area contributed by atoms with Crippen LogP contribution in [0.3, 0.4) is 0 Å². The van der Waals surface area contributed by atoms with Crippen LogP contribution in [0.25, 0.3) is 10.8 Å². The Morgan fingerprint density at radius 3 is 2.42 bits per heavy atom. The second kappa shape index (κ2) is 6.69. The van der Waals surface area contributed by atoms with E-state index >= 15 is 0 Å². The van der Waals surface area contributed by atoms with Gasteiger partial charge in [-0.3, -0.25) is 0 Å². The van der Waals surface area contributed by atoms with Crippen molar-refractivity contribution in [3.63, 3.8) is 0 Å². The van der Waals surface area contributed by atoms with Crippen molar-refractivity contribution in [2.75, 3.05) is 0 Å². The minimum atomic E-state index is -1.09. The van der Waals surface area contributed by atoms with Crippen molar-refractivity contribution >= 4 is 16.7 Å². The van der Waals surface area contributed by atoms with Crippen molar-refractivity contribution < 1.29 is 14.6 Å². The molecule has 0 saturated carbocycles. The van der Waals surface area contributed by atoms with E-state index in [1.807, 2.05) is 55.5 Å². The number of aliphatic hydroxyl groups is 1. The van der Waals surface area contributed by atoms with Crippen molar-refractivity contribution in [3.05, 3.63) is 90.0 Å². The third-order valence-corrected chi connectivity index (χ3v) is 3.94. The molecule has 0 bridgehead atoms. The summed E-state index contributed by atoms with van der Waals surface area (Å²) in [5.74, 6) is -0.185. The molecule has 0 fully saturated rings. The lowest BCUT2D eigenvalue weighted by atomic mass is 10.0. The number of esters is 1. The lowest BCUT2D eigenvalue weighted by Crippen LogP contribution is -2.16. The fraction of sp³-hybridized carbons (Fsp3) is 0.0952. The Morgan fingerprint density at radius 2 is 1.67 bits per heavy atom. The van der Waals surface area contributed by atoms with Gasteiger partial charge >= 0.3 is 5.97 Å². The van der Waals surface area contributed by atoms with E-state index in [1.165, 1.54) is 0 Å². The summed E-state index contributed by atoms with van der Waals surface area (Å²) in [5.41, 5.74) is 1.70. The van der Waals surface area contributed by atoms with Gasteiger partial charge in [-0.1, -0.05) is 72.8 Å². The summed E-state index contributed by atoms with van der Waals surface area (Å²) in [6, 6.07) is 20.4. The Kier molecular flexibility index (Phi) is 4.45. The first kappa shape index (κ1) is 16.0. The van der Waals surface area contributed by atoms with Crippen LogP contribution in [0.15, 0.2) is 78.9 Å². The number of rotatable bonds is 4. The smallest absolute Gasteiger partial charge is 0.341 e. The molecule has 3 heteroatoms. The van der Waals surface area contributed by atoms with Gasteiger partial charge in [0.05, 0.1) is 5.57 Å². The molecular formula is C21H18O3. The summed E-state index contributed by atoms with van der Waals surface area (Å²) in [7, 11) is 0. The zero-order valence-electron chi connectivity index (χ0n) is 13.4. The molecule has 0 spiro atoms. The molecule has 0 aromatic heterocycles. The van der Waals surface area contributed by atoms with Crippen LogP contribution >= 0.6 is 0 Å². The Labute approximate surface area is 140 Å². The zero-order valence-corrected chi connectivity index (χ0v) is 13.4. The van der Waals surface area contributed by atoms with Crippen molar-refractivity contribution in [2.45, 2.75) is 13.0 Å². The molecule has 0 aliphatic rings. The van der Waals surface area contributed by atoms with Crippen molar-refractivity contribution in [1.29, 1.82) is 0 Å². The largest absolute Gasteiger partial charge is 0.422 e.